The van der Waals surface area contributed by atoms with Crippen LogP contribution in [0.5, 0.6) is 0 Å². The summed E-state index contributed by atoms with van der Waals surface area (Å²) in [4.78, 5) is 23.4. The molecule has 1 unspecified atom stereocenters. The van der Waals surface area contributed by atoms with Crippen molar-refractivity contribution in [2.45, 2.75) is 12.6 Å². The van der Waals surface area contributed by atoms with Gasteiger partial charge in [0.1, 0.15) is 0 Å². The van der Waals surface area contributed by atoms with Crippen LogP contribution in [0.25, 0.3) is 0 Å². The fourth-order valence-corrected chi connectivity index (χ4v) is 2.26. The number of urea groups is 1. The lowest BCUT2D eigenvalue weighted by molar-refractivity contribution is -0.139. The molecule has 0 bridgehead atoms. The number of nitrogens with zero attached hydrogens (tertiary/aromatic N) is 2. The van der Waals surface area contributed by atoms with Gasteiger partial charge in [0.15, 0.2) is 6.04 Å². The van der Waals surface area contributed by atoms with Gasteiger partial charge in [0.25, 0.3) is 0 Å². The second kappa shape index (κ2) is 6.62. The summed E-state index contributed by atoms with van der Waals surface area (Å²) < 4.78 is 0. The first-order valence-electron chi connectivity index (χ1n) is 5.74. The van der Waals surface area contributed by atoms with E-state index in [-0.39, 0.29) is 6.54 Å². The molecule has 0 aromatic carbocycles. The molecule has 1 atom stereocenters. The molecule has 3 N–H and O–H groups in total. The second-order valence-electron chi connectivity index (χ2n) is 3.83. The molecule has 104 valence electrons. The van der Waals surface area contributed by atoms with Crippen LogP contribution in [0, 0.1) is 0 Å². The Kier molecular flexibility index (Phi) is 4.61. The first-order chi connectivity index (χ1) is 9.66. The zero-order valence-electron chi connectivity index (χ0n) is 10.3. The smallest absolute Gasteiger partial charge is 0.331 e. The number of carboxylic acids is 1. The third-order valence-corrected chi connectivity index (χ3v) is 3.34. The molecule has 2 rings (SSSR count). The molecule has 2 aromatic heterocycles. The van der Waals surface area contributed by atoms with Crippen LogP contribution < -0.4 is 10.6 Å². The maximum Gasteiger partial charge on any atom is 0.331 e. The maximum atomic E-state index is 11.7. The molecule has 2 amide bonds. The molecule has 2 aromatic rings. The molecule has 0 aliphatic carbocycles. The van der Waals surface area contributed by atoms with Gasteiger partial charge in [0, 0.05) is 11.1 Å². The van der Waals surface area contributed by atoms with Gasteiger partial charge in [-0.2, -0.15) is 10.2 Å². The van der Waals surface area contributed by atoms with E-state index in [1.54, 1.807) is 29.6 Å². The van der Waals surface area contributed by atoms with Crippen molar-refractivity contribution in [2.24, 2.45) is 0 Å². The van der Waals surface area contributed by atoms with E-state index in [4.69, 9.17) is 5.11 Å². The number of carbonyl (C=O) groups is 2. The number of nitrogens with one attached hydrogen (secondary N) is 2. The van der Waals surface area contributed by atoms with Crippen molar-refractivity contribution >= 4 is 23.3 Å². The SMILES string of the molecule is O=C(NCc1cccnn1)NC(C(=O)O)c1cccs1. The van der Waals surface area contributed by atoms with Gasteiger partial charge in [-0.3, -0.25) is 0 Å². The second-order valence-corrected chi connectivity index (χ2v) is 4.81. The standard InChI is InChI=1S/C12H12N4O3S/c17-11(18)10(9-4-2-6-20-9)15-12(19)13-7-8-3-1-5-14-16-8/h1-6,10H,7H2,(H,17,18)(H2,13,15,19). The average molecular weight is 292 g/mol. The lowest BCUT2D eigenvalue weighted by atomic mass is 10.2. The van der Waals surface area contributed by atoms with Crippen LogP contribution in [-0.2, 0) is 11.3 Å². The van der Waals surface area contributed by atoms with Gasteiger partial charge >= 0.3 is 12.0 Å². The third-order valence-electron chi connectivity index (χ3n) is 2.41. The molecule has 7 nitrogen and oxygen atoms in total. The quantitative estimate of drug-likeness (QED) is 0.767. The number of aromatic nitrogens is 2. The van der Waals surface area contributed by atoms with Crippen molar-refractivity contribution in [3.63, 3.8) is 0 Å². The molecular weight excluding hydrogens is 280 g/mol. The lowest BCUT2D eigenvalue weighted by Crippen LogP contribution is -2.40. The minimum atomic E-state index is -1.11. The molecular formula is C12H12N4O3S. The van der Waals surface area contributed by atoms with Crippen molar-refractivity contribution in [3.05, 3.63) is 46.4 Å². The Morgan fingerprint density at radius 1 is 1.35 bits per heavy atom. The van der Waals surface area contributed by atoms with Crippen molar-refractivity contribution in [1.29, 1.82) is 0 Å². The Balaban J connectivity index is 1.91. The summed E-state index contributed by atoms with van der Waals surface area (Å²) in [6.45, 7) is 0.177. The summed E-state index contributed by atoms with van der Waals surface area (Å²) in [6, 6.07) is 5.17. The number of thiophene rings is 1. The largest absolute Gasteiger partial charge is 0.479 e. The van der Waals surface area contributed by atoms with Crippen molar-refractivity contribution in [3.8, 4) is 0 Å². The van der Waals surface area contributed by atoms with Crippen LogP contribution in [0.4, 0.5) is 4.79 Å². The van der Waals surface area contributed by atoms with Gasteiger partial charge in [-0.05, 0) is 23.6 Å². The lowest BCUT2D eigenvalue weighted by Gasteiger charge is -2.13. The Bertz CT molecular complexity index is 574. The van der Waals surface area contributed by atoms with Crippen LogP contribution in [0.1, 0.15) is 16.6 Å². The number of amides is 2. The Morgan fingerprint density at radius 3 is 2.80 bits per heavy atom. The van der Waals surface area contributed by atoms with Crippen molar-refractivity contribution < 1.29 is 14.7 Å². The highest BCUT2D eigenvalue weighted by Gasteiger charge is 2.22. The van der Waals surface area contributed by atoms with Crippen LogP contribution in [0.3, 0.4) is 0 Å². The molecule has 2 heterocycles. The predicted molar refractivity (Wildman–Crippen MR) is 72.1 cm³/mol. The van der Waals surface area contributed by atoms with E-state index < -0.39 is 18.0 Å². The molecule has 0 fully saturated rings. The summed E-state index contributed by atoms with van der Waals surface area (Å²) >= 11 is 1.27. The van der Waals surface area contributed by atoms with Crippen LogP contribution in [-0.4, -0.2) is 27.3 Å². The molecule has 0 aliphatic rings. The van der Waals surface area contributed by atoms with Crippen LogP contribution >= 0.6 is 11.3 Å². The van der Waals surface area contributed by atoms with Gasteiger partial charge in [0.2, 0.25) is 0 Å². The Hall–Kier alpha value is -2.48. The van der Waals surface area contributed by atoms with Gasteiger partial charge in [0.05, 0.1) is 12.2 Å². The summed E-state index contributed by atoms with van der Waals surface area (Å²) in [6.07, 6.45) is 1.53. The summed E-state index contributed by atoms with van der Waals surface area (Å²) in [5, 5.41) is 23.3. The molecule has 0 saturated carbocycles. The van der Waals surface area contributed by atoms with Gasteiger partial charge in [-0.1, -0.05) is 6.07 Å². The predicted octanol–water partition coefficient (Wildman–Crippen LogP) is 1.16. The molecule has 0 saturated heterocycles. The number of aliphatic carboxylic acids is 1. The normalized spacial score (nSPS) is 11.6. The zero-order chi connectivity index (χ0) is 14.4. The number of rotatable bonds is 5. The highest BCUT2D eigenvalue weighted by atomic mass is 32.1. The molecule has 20 heavy (non-hydrogen) atoms. The minimum absolute atomic E-state index is 0.177. The van der Waals surface area contributed by atoms with E-state index in [2.05, 4.69) is 20.8 Å². The van der Waals surface area contributed by atoms with Gasteiger partial charge in [-0.15, -0.1) is 11.3 Å². The molecule has 8 heteroatoms. The van der Waals surface area contributed by atoms with E-state index in [9.17, 15) is 9.59 Å². The first kappa shape index (κ1) is 13.9. The van der Waals surface area contributed by atoms with E-state index >= 15 is 0 Å². The third kappa shape index (κ3) is 3.75. The number of hydrogen-bond donors (Lipinski definition) is 3. The molecule has 0 aliphatic heterocycles. The van der Waals surface area contributed by atoms with Crippen molar-refractivity contribution in [2.75, 3.05) is 0 Å². The first-order valence-corrected chi connectivity index (χ1v) is 6.62. The number of carbonyl (C=O) groups excluding carboxylic acids is 1. The summed E-state index contributed by atoms with van der Waals surface area (Å²) in [5.74, 6) is -1.11. The maximum absolute atomic E-state index is 11.7. The van der Waals surface area contributed by atoms with E-state index in [0.29, 0.717) is 10.6 Å². The summed E-state index contributed by atoms with van der Waals surface area (Å²) in [5.41, 5.74) is 0.589. The highest BCUT2D eigenvalue weighted by Crippen LogP contribution is 2.18. The van der Waals surface area contributed by atoms with Gasteiger partial charge in [-0.25, -0.2) is 9.59 Å². The zero-order valence-corrected chi connectivity index (χ0v) is 11.1. The number of carboxylic acid groups (broad SMARTS) is 1. The Morgan fingerprint density at radius 2 is 2.20 bits per heavy atom. The van der Waals surface area contributed by atoms with E-state index in [1.807, 2.05) is 0 Å². The van der Waals surface area contributed by atoms with Crippen LogP contribution in [0.15, 0.2) is 35.8 Å². The fraction of sp³-hybridized carbons (Fsp3) is 0.167. The van der Waals surface area contributed by atoms with E-state index in [0.717, 1.165) is 0 Å². The average Bonchev–Trinajstić information content (AvgIpc) is 2.97. The minimum Gasteiger partial charge on any atom is -0.479 e. The van der Waals surface area contributed by atoms with Crippen molar-refractivity contribution in [1.82, 2.24) is 20.8 Å². The Labute approximate surface area is 118 Å². The topological polar surface area (TPSA) is 104 Å². The molecule has 0 spiro atoms. The fourth-order valence-electron chi connectivity index (χ4n) is 1.49. The van der Waals surface area contributed by atoms with Crippen LogP contribution in [0.2, 0.25) is 0 Å². The monoisotopic (exact) mass is 292 g/mol. The molecule has 0 radical (unpaired) electrons. The number of hydrogen-bond acceptors (Lipinski definition) is 5. The highest BCUT2D eigenvalue weighted by molar-refractivity contribution is 7.10. The van der Waals surface area contributed by atoms with Gasteiger partial charge < -0.3 is 15.7 Å². The summed E-state index contributed by atoms with van der Waals surface area (Å²) in [7, 11) is 0. The van der Waals surface area contributed by atoms with E-state index in [1.165, 1.54) is 17.5 Å².